The average molecular weight is 277 g/mol. The Bertz CT molecular complexity index is 515. The van der Waals surface area contributed by atoms with Gasteiger partial charge in [-0.25, -0.2) is 4.79 Å². The van der Waals surface area contributed by atoms with E-state index in [9.17, 15) is 9.59 Å². The van der Waals surface area contributed by atoms with Gasteiger partial charge in [-0.15, -0.1) is 0 Å². The number of ether oxygens (including phenoxy) is 1. The Morgan fingerprint density at radius 3 is 2.25 bits per heavy atom. The second-order valence-electron chi connectivity index (χ2n) is 6.03. The standard InChI is InChI=1S/C16H23NO3/c1-10-7-8-13(9-11(10)2)14(18)17-12(3)15(19)20-16(4,5)6/h7-9,12H,1-6H3,(H,17,18)/t12-/m1/s1. The van der Waals surface area contributed by atoms with E-state index in [0.29, 0.717) is 5.56 Å². The molecule has 0 radical (unpaired) electrons. The number of aryl methyl sites for hydroxylation is 2. The molecule has 4 nitrogen and oxygen atoms in total. The van der Waals surface area contributed by atoms with Gasteiger partial charge in [0.1, 0.15) is 11.6 Å². The Balaban J connectivity index is 2.70. The second kappa shape index (κ2) is 6.07. The van der Waals surface area contributed by atoms with Crippen LogP contribution in [0, 0.1) is 13.8 Å². The van der Waals surface area contributed by atoms with Crippen LogP contribution in [0.1, 0.15) is 49.2 Å². The normalized spacial score (nSPS) is 12.7. The van der Waals surface area contributed by atoms with Gasteiger partial charge >= 0.3 is 5.97 Å². The summed E-state index contributed by atoms with van der Waals surface area (Å²) in [5.41, 5.74) is 2.16. The smallest absolute Gasteiger partial charge is 0.328 e. The molecule has 0 fully saturated rings. The molecule has 0 aliphatic carbocycles. The van der Waals surface area contributed by atoms with Crippen molar-refractivity contribution in [2.45, 2.75) is 53.2 Å². The molecule has 1 N–H and O–H groups in total. The molecule has 0 heterocycles. The maximum Gasteiger partial charge on any atom is 0.328 e. The Morgan fingerprint density at radius 2 is 1.75 bits per heavy atom. The fourth-order valence-electron chi connectivity index (χ4n) is 1.61. The van der Waals surface area contributed by atoms with E-state index >= 15 is 0 Å². The molecule has 0 saturated heterocycles. The van der Waals surface area contributed by atoms with Gasteiger partial charge in [-0.2, -0.15) is 0 Å². The molecule has 1 rings (SSSR count). The van der Waals surface area contributed by atoms with Gasteiger partial charge < -0.3 is 10.1 Å². The van der Waals surface area contributed by atoms with E-state index < -0.39 is 17.6 Å². The van der Waals surface area contributed by atoms with E-state index in [2.05, 4.69) is 5.32 Å². The number of amides is 1. The van der Waals surface area contributed by atoms with Crippen LogP contribution in [0.15, 0.2) is 18.2 Å². The van der Waals surface area contributed by atoms with Crippen LogP contribution in [-0.4, -0.2) is 23.5 Å². The molecule has 0 unspecified atom stereocenters. The maximum absolute atomic E-state index is 12.1. The molecule has 0 aromatic heterocycles. The maximum atomic E-state index is 12.1. The number of carbonyl (C=O) groups is 2. The zero-order valence-corrected chi connectivity index (χ0v) is 13.0. The molecule has 0 aliphatic heterocycles. The van der Waals surface area contributed by atoms with E-state index in [-0.39, 0.29) is 5.91 Å². The number of nitrogens with one attached hydrogen (secondary N) is 1. The highest BCUT2D eigenvalue weighted by molar-refractivity contribution is 5.96. The highest BCUT2D eigenvalue weighted by Gasteiger charge is 2.23. The minimum absolute atomic E-state index is 0.272. The molecule has 110 valence electrons. The second-order valence-corrected chi connectivity index (χ2v) is 6.03. The summed E-state index contributed by atoms with van der Waals surface area (Å²) >= 11 is 0. The van der Waals surface area contributed by atoms with Crippen molar-refractivity contribution in [2.24, 2.45) is 0 Å². The van der Waals surface area contributed by atoms with Gasteiger partial charge in [0.25, 0.3) is 5.91 Å². The minimum Gasteiger partial charge on any atom is -0.458 e. The van der Waals surface area contributed by atoms with Crippen molar-refractivity contribution >= 4 is 11.9 Å². The molecule has 1 atom stereocenters. The molecule has 1 aromatic rings. The highest BCUT2D eigenvalue weighted by atomic mass is 16.6. The lowest BCUT2D eigenvalue weighted by molar-refractivity contribution is -0.156. The summed E-state index contributed by atoms with van der Waals surface area (Å²) in [6.45, 7) is 10.9. The quantitative estimate of drug-likeness (QED) is 0.864. The SMILES string of the molecule is Cc1ccc(C(=O)N[C@H](C)C(=O)OC(C)(C)C)cc1C. The van der Waals surface area contributed by atoms with Crippen LogP contribution in [0.25, 0.3) is 0 Å². The monoisotopic (exact) mass is 277 g/mol. The first-order chi connectivity index (χ1) is 9.10. The van der Waals surface area contributed by atoms with Crippen molar-refractivity contribution in [2.75, 3.05) is 0 Å². The van der Waals surface area contributed by atoms with Crippen LogP contribution >= 0.6 is 0 Å². The summed E-state index contributed by atoms with van der Waals surface area (Å²) in [6.07, 6.45) is 0. The van der Waals surface area contributed by atoms with E-state index in [1.807, 2.05) is 26.0 Å². The van der Waals surface area contributed by atoms with Gasteiger partial charge in [0, 0.05) is 5.56 Å². The van der Waals surface area contributed by atoms with Gasteiger partial charge in [-0.1, -0.05) is 6.07 Å². The van der Waals surface area contributed by atoms with Gasteiger partial charge in [-0.3, -0.25) is 4.79 Å². The van der Waals surface area contributed by atoms with Crippen LogP contribution in [-0.2, 0) is 9.53 Å². The van der Waals surface area contributed by atoms with Gasteiger partial charge in [-0.05, 0) is 64.8 Å². The topological polar surface area (TPSA) is 55.4 Å². The lowest BCUT2D eigenvalue weighted by Gasteiger charge is -2.22. The van der Waals surface area contributed by atoms with E-state index in [4.69, 9.17) is 4.74 Å². The van der Waals surface area contributed by atoms with Crippen molar-refractivity contribution in [3.8, 4) is 0 Å². The molecular formula is C16H23NO3. The minimum atomic E-state index is -0.677. The van der Waals surface area contributed by atoms with Crippen molar-refractivity contribution in [3.63, 3.8) is 0 Å². The van der Waals surface area contributed by atoms with Gasteiger partial charge in [0.05, 0.1) is 0 Å². The molecule has 0 spiro atoms. The summed E-state index contributed by atoms with van der Waals surface area (Å²) in [6, 6.07) is 4.78. The van der Waals surface area contributed by atoms with Crippen LogP contribution in [0.2, 0.25) is 0 Å². The summed E-state index contributed by atoms with van der Waals surface area (Å²) in [5.74, 6) is -0.707. The van der Waals surface area contributed by atoms with Crippen molar-refractivity contribution in [3.05, 3.63) is 34.9 Å². The third-order valence-electron chi connectivity index (χ3n) is 2.88. The Morgan fingerprint density at radius 1 is 1.15 bits per heavy atom. The van der Waals surface area contributed by atoms with E-state index in [1.54, 1.807) is 33.8 Å². The highest BCUT2D eigenvalue weighted by Crippen LogP contribution is 2.11. The Hall–Kier alpha value is -1.84. The first kappa shape index (κ1) is 16.2. The Labute approximate surface area is 120 Å². The fourth-order valence-corrected chi connectivity index (χ4v) is 1.61. The van der Waals surface area contributed by atoms with Gasteiger partial charge in [0.15, 0.2) is 0 Å². The molecule has 20 heavy (non-hydrogen) atoms. The summed E-state index contributed by atoms with van der Waals surface area (Å²) in [5, 5.41) is 2.65. The first-order valence-corrected chi connectivity index (χ1v) is 6.71. The number of hydrogen-bond acceptors (Lipinski definition) is 3. The van der Waals surface area contributed by atoms with Crippen LogP contribution in [0.4, 0.5) is 0 Å². The molecule has 1 amide bonds. The lowest BCUT2D eigenvalue weighted by atomic mass is 10.1. The average Bonchev–Trinajstić information content (AvgIpc) is 2.30. The molecule has 0 bridgehead atoms. The van der Waals surface area contributed by atoms with Crippen LogP contribution in [0.3, 0.4) is 0 Å². The zero-order valence-electron chi connectivity index (χ0n) is 13.0. The van der Waals surface area contributed by atoms with Crippen molar-refractivity contribution in [1.29, 1.82) is 0 Å². The molecule has 1 aromatic carbocycles. The van der Waals surface area contributed by atoms with E-state index in [0.717, 1.165) is 11.1 Å². The number of carbonyl (C=O) groups excluding carboxylic acids is 2. The largest absolute Gasteiger partial charge is 0.458 e. The predicted octanol–water partition coefficient (Wildman–Crippen LogP) is 2.76. The molecular weight excluding hydrogens is 254 g/mol. The lowest BCUT2D eigenvalue weighted by Crippen LogP contribution is -2.42. The van der Waals surface area contributed by atoms with Crippen molar-refractivity contribution < 1.29 is 14.3 Å². The summed E-state index contributed by atoms with van der Waals surface area (Å²) in [4.78, 5) is 23.9. The number of rotatable bonds is 3. The number of esters is 1. The van der Waals surface area contributed by atoms with Crippen LogP contribution in [0.5, 0.6) is 0 Å². The summed E-state index contributed by atoms with van der Waals surface area (Å²) < 4.78 is 5.23. The third-order valence-corrected chi connectivity index (χ3v) is 2.88. The first-order valence-electron chi connectivity index (χ1n) is 6.71. The van der Waals surface area contributed by atoms with Crippen LogP contribution < -0.4 is 5.32 Å². The number of benzene rings is 1. The molecule has 0 saturated carbocycles. The predicted molar refractivity (Wildman–Crippen MR) is 78.7 cm³/mol. The fraction of sp³-hybridized carbons (Fsp3) is 0.500. The summed E-state index contributed by atoms with van der Waals surface area (Å²) in [7, 11) is 0. The molecule has 0 aliphatic rings. The zero-order chi connectivity index (χ0) is 15.5. The third kappa shape index (κ3) is 4.68. The molecule has 4 heteroatoms. The van der Waals surface area contributed by atoms with Gasteiger partial charge in [0.2, 0.25) is 0 Å². The van der Waals surface area contributed by atoms with Crippen molar-refractivity contribution in [1.82, 2.24) is 5.32 Å². The van der Waals surface area contributed by atoms with E-state index in [1.165, 1.54) is 0 Å². The number of hydrogen-bond donors (Lipinski definition) is 1. The Kier molecular flexibility index (Phi) is 4.93.